The SMILES string of the molecule is CCC=CCC=CCC=CCC=CCC=CCC=CCC(=O)OSCCNC(O)O. The summed E-state index contributed by atoms with van der Waals surface area (Å²) in [6, 6.07) is 0. The van der Waals surface area contributed by atoms with Gasteiger partial charge in [0.2, 0.25) is 6.41 Å². The van der Waals surface area contributed by atoms with Gasteiger partial charge < -0.3 is 14.4 Å². The Labute approximate surface area is 186 Å². The lowest BCUT2D eigenvalue weighted by atomic mass is 10.2. The molecule has 0 aromatic carbocycles. The Balaban J connectivity index is 3.57. The van der Waals surface area contributed by atoms with Crippen molar-refractivity contribution in [2.75, 3.05) is 12.3 Å². The van der Waals surface area contributed by atoms with Crippen molar-refractivity contribution in [3.05, 3.63) is 72.9 Å². The second-order valence-electron chi connectivity index (χ2n) is 6.22. The molecule has 0 saturated carbocycles. The van der Waals surface area contributed by atoms with Crippen molar-refractivity contribution in [3.8, 4) is 0 Å². The maximum absolute atomic E-state index is 11.5. The Bertz CT molecular complexity index is 578. The zero-order chi connectivity index (χ0) is 22.1. The molecule has 0 rings (SSSR count). The smallest absolute Gasteiger partial charge is 0.321 e. The number of rotatable bonds is 18. The lowest BCUT2D eigenvalue weighted by Crippen LogP contribution is -2.30. The second-order valence-corrected chi connectivity index (χ2v) is 7.04. The van der Waals surface area contributed by atoms with E-state index in [1.165, 1.54) is 0 Å². The molecule has 0 unspecified atom stereocenters. The van der Waals surface area contributed by atoms with Crippen LogP contribution in [-0.2, 0) is 8.98 Å². The van der Waals surface area contributed by atoms with Gasteiger partial charge >= 0.3 is 5.97 Å². The van der Waals surface area contributed by atoms with Crippen LogP contribution in [0.25, 0.3) is 0 Å². The third kappa shape index (κ3) is 24.2. The molecule has 168 valence electrons. The Hall–Kier alpha value is -1.86. The van der Waals surface area contributed by atoms with Crippen molar-refractivity contribution in [1.82, 2.24) is 5.32 Å². The first-order valence-electron chi connectivity index (χ1n) is 10.5. The van der Waals surface area contributed by atoms with Crippen LogP contribution in [-0.4, -0.2) is 34.9 Å². The van der Waals surface area contributed by atoms with Gasteiger partial charge in [-0.3, -0.25) is 10.1 Å². The number of aliphatic hydroxyl groups is 2. The van der Waals surface area contributed by atoms with Gasteiger partial charge in [0, 0.05) is 12.3 Å². The van der Waals surface area contributed by atoms with Crippen molar-refractivity contribution >= 4 is 18.0 Å². The quantitative estimate of drug-likeness (QED) is 0.120. The van der Waals surface area contributed by atoms with Gasteiger partial charge in [-0.15, -0.1) is 0 Å². The van der Waals surface area contributed by atoms with Crippen LogP contribution in [0, 0.1) is 0 Å². The first-order valence-corrected chi connectivity index (χ1v) is 11.4. The Morgan fingerprint density at radius 3 is 1.67 bits per heavy atom. The monoisotopic (exact) mass is 435 g/mol. The van der Waals surface area contributed by atoms with E-state index in [-0.39, 0.29) is 12.4 Å². The minimum Gasteiger partial charge on any atom is -0.391 e. The third-order valence-corrected chi connectivity index (χ3v) is 4.22. The molecular weight excluding hydrogens is 398 g/mol. The summed E-state index contributed by atoms with van der Waals surface area (Å²) in [5, 5.41) is 19.6. The summed E-state index contributed by atoms with van der Waals surface area (Å²) in [5.74, 6) is 0.136. The molecule has 0 spiro atoms. The van der Waals surface area contributed by atoms with Gasteiger partial charge in [0.05, 0.1) is 18.5 Å². The van der Waals surface area contributed by atoms with Crippen LogP contribution in [0.2, 0.25) is 0 Å². The van der Waals surface area contributed by atoms with Crippen molar-refractivity contribution in [2.24, 2.45) is 0 Å². The molecule has 6 heteroatoms. The van der Waals surface area contributed by atoms with E-state index in [1.807, 2.05) is 6.08 Å². The van der Waals surface area contributed by atoms with E-state index in [0.29, 0.717) is 12.3 Å². The number of hydrogen-bond acceptors (Lipinski definition) is 6. The summed E-state index contributed by atoms with van der Waals surface area (Å²) in [5.41, 5.74) is 0. The molecule has 0 amide bonds. The minimum atomic E-state index is -1.54. The maximum atomic E-state index is 11.5. The highest BCUT2D eigenvalue weighted by molar-refractivity contribution is 7.95. The molecule has 0 aliphatic heterocycles. The number of hydrogen-bond donors (Lipinski definition) is 3. The molecule has 0 bridgehead atoms. The van der Waals surface area contributed by atoms with Crippen LogP contribution in [0.1, 0.15) is 51.9 Å². The summed E-state index contributed by atoms with van der Waals surface area (Å²) >= 11 is 0.993. The van der Waals surface area contributed by atoms with Crippen LogP contribution in [0.3, 0.4) is 0 Å². The standard InChI is InChI=1S/C24H37NO4S/c1-2-3-4-5-6-7-8-9-10-11-12-13-14-15-16-17-18-19-20-23(26)29-30-22-21-25-24(27)28/h3-4,6-7,9-10,12-13,15-16,18-19,24-25,27-28H,2,5,8,11,14,17,20-22H2,1H3. The molecule has 5 nitrogen and oxygen atoms in total. The van der Waals surface area contributed by atoms with E-state index in [0.717, 1.165) is 50.6 Å². The van der Waals surface area contributed by atoms with Gasteiger partial charge in [0.1, 0.15) is 0 Å². The second kappa shape index (κ2) is 23.4. The summed E-state index contributed by atoms with van der Waals surface area (Å²) in [4.78, 5) is 11.5. The van der Waals surface area contributed by atoms with Gasteiger partial charge in [-0.05, 0) is 38.5 Å². The first kappa shape index (κ1) is 28.1. The van der Waals surface area contributed by atoms with E-state index in [9.17, 15) is 4.79 Å². The summed E-state index contributed by atoms with van der Waals surface area (Å²) in [6.07, 6.45) is 29.8. The molecule has 0 saturated heterocycles. The fraction of sp³-hybridized carbons (Fsp3) is 0.458. The maximum Gasteiger partial charge on any atom is 0.321 e. The lowest BCUT2D eigenvalue weighted by Gasteiger charge is -2.05. The molecule has 0 heterocycles. The molecule has 3 N–H and O–H groups in total. The van der Waals surface area contributed by atoms with Crippen molar-refractivity contribution < 1.29 is 19.2 Å². The molecule has 0 fully saturated rings. The van der Waals surface area contributed by atoms with E-state index in [2.05, 4.69) is 73.0 Å². The number of allylic oxidation sites excluding steroid dienone is 11. The predicted molar refractivity (Wildman–Crippen MR) is 128 cm³/mol. The van der Waals surface area contributed by atoms with Gasteiger partial charge in [-0.25, -0.2) is 0 Å². The summed E-state index contributed by atoms with van der Waals surface area (Å²) in [6.45, 7) is 2.48. The number of aliphatic hydroxyl groups excluding tert-OH is 1. The molecule has 0 aliphatic carbocycles. The molecule has 0 aromatic rings. The average molecular weight is 436 g/mol. The van der Waals surface area contributed by atoms with Gasteiger partial charge in [-0.2, -0.15) is 0 Å². The zero-order valence-corrected chi connectivity index (χ0v) is 18.8. The predicted octanol–water partition coefficient (Wildman–Crippen LogP) is 5.12. The van der Waals surface area contributed by atoms with Crippen LogP contribution >= 0.6 is 12.0 Å². The van der Waals surface area contributed by atoms with Crippen molar-refractivity contribution in [2.45, 2.75) is 58.3 Å². The highest BCUT2D eigenvalue weighted by Crippen LogP contribution is 2.04. The minimum absolute atomic E-state index is 0.230. The van der Waals surface area contributed by atoms with Crippen LogP contribution in [0.5, 0.6) is 0 Å². The summed E-state index contributed by atoms with van der Waals surface area (Å²) < 4.78 is 4.94. The zero-order valence-electron chi connectivity index (χ0n) is 18.0. The fourth-order valence-electron chi connectivity index (χ4n) is 2.07. The highest BCUT2D eigenvalue weighted by Gasteiger charge is 2.01. The highest BCUT2D eigenvalue weighted by atomic mass is 32.2. The van der Waals surface area contributed by atoms with Gasteiger partial charge in [0.15, 0.2) is 0 Å². The average Bonchev–Trinajstić information content (AvgIpc) is 2.72. The molecule has 0 aliphatic rings. The molecule has 30 heavy (non-hydrogen) atoms. The van der Waals surface area contributed by atoms with E-state index in [1.54, 1.807) is 6.08 Å². The topological polar surface area (TPSA) is 78.8 Å². The van der Waals surface area contributed by atoms with E-state index < -0.39 is 6.41 Å². The number of carbonyl (C=O) groups excluding carboxylic acids is 1. The molecular formula is C24H37NO4S. The van der Waals surface area contributed by atoms with Gasteiger partial charge in [-0.1, -0.05) is 79.8 Å². The van der Waals surface area contributed by atoms with E-state index >= 15 is 0 Å². The molecule has 0 radical (unpaired) electrons. The first-order chi connectivity index (χ1) is 14.7. The number of carbonyl (C=O) groups is 1. The number of nitrogens with one attached hydrogen (secondary N) is 1. The fourth-order valence-corrected chi connectivity index (χ4v) is 2.56. The Kier molecular flexibility index (Phi) is 22.0. The largest absolute Gasteiger partial charge is 0.391 e. The Morgan fingerprint density at radius 1 is 0.800 bits per heavy atom. The normalized spacial score (nSPS) is 12.9. The van der Waals surface area contributed by atoms with Crippen LogP contribution in [0.15, 0.2) is 72.9 Å². The molecule has 0 aromatic heterocycles. The van der Waals surface area contributed by atoms with Crippen molar-refractivity contribution in [1.29, 1.82) is 0 Å². The van der Waals surface area contributed by atoms with Crippen molar-refractivity contribution in [3.63, 3.8) is 0 Å². The van der Waals surface area contributed by atoms with Crippen LogP contribution < -0.4 is 5.32 Å². The summed E-state index contributed by atoms with van der Waals surface area (Å²) in [7, 11) is 0. The van der Waals surface area contributed by atoms with E-state index in [4.69, 9.17) is 14.4 Å². The lowest BCUT2D eigenvalue weighted by molar-refractivity contribution is -0.132. The van der Waals surface area contributed by atoms with Crippen LogP contribution in [0.4, 0.5) is 0 Å². The molecule has 0 atom stereocenters. The third-order valence-electron chi connectivity index (χ3n) is 3.55. The Morgan fingerprint density at radius 2 is 1.23 bits per heavy atom. The van der Waals surface area contributed by atoms with Gasteiger partial charge in [0.25, 0.3) is 0 Å².